The summed E-state index contributed by atoms with van der Waals surface area (Å²) in [6.07, 6.45) is 0. The molecule has 13 rings (SSSR count). The van der Waals surface area contributed by atoms with Crippen LogP contribution in [0.2, 0.25) is 0 Å². The fourth-order valence-corrected chi connectivity index (χ4v) is 10.9. The van der Waals surface area contributed by atoms with Crippen LogP contribution < -0.4 is 0 Å². The predicted octanol–water partition coefficient (Wildman–Crippen LogP) is 17.1. The fraction of sp³-hybridized carbons (Fsp3) is 0.0492. The Morgan fingerprint density at radius 1 is 0.246 bits per heavy atom. The molecule has 0 N–H and O–H groups in total. The number of benzene rings is 12. The minimum absolute atomic E-state index is 0.161. The fourth-order valence-electron chi connectivity index (χ4n) is 10.9. The van der Waals surface area contributed by atoms with Crippen molar-refractivity contribution in [2.75, 3.05) is 0 Å². The first kappa shape index (κ1) is 34.3. The van der Waals surface area contributed by atoms with Gasteiger partial charge in [-0.25, -0.2) is 0 Å². The van der Waals surface area contributed by atoms with Gasteiger partial charge in [0, 0.05) is 5.41 Å². The Morgan fingerprint density at radius 2 is 0.623 bits per heavy atom. The van der Waals surface area contributed by atoms with E-state index in [0.29, 0.717) is 0 Å². The maximum absolute atomic E-state index is 2.47. The average molecular weight is 773 g/mol. The summed E-state index contributed by atoms with van der Waals surface area (Å²) >= 11 is 0. The SMILES string of the molecule is CC1(C)c2cc(-c3ccc4ccc(-c5cc6ccc7ccccc7c6c6ccccc56)cc4c3)ccc2-c2ccc(-c3cc4ccc5ccccc5c4c4ccccc34)cc21. The third kappa shape index (κ3) is 5.06. The van der Waals surface area contributed by atoms with E-state index in [-0.39, 0.29) is 5.41 Å². The van der Waals surface area contributed by atoms with Crippen molar-refractivity contribution in [1.29, 1.82) is 0 Å². The highest BCUT2D eigenvalue weighted by atomic mass is 14.4. The molecule has 0 bridgehead atoms. The van der Waals surface area contributed by atoms with Crippen LogP contribution in [0.15, 0.2) is 206 Å². The lowest BCUT2D eigenvalue weighted by molar-refractivity contribution is 0.661. The van der Waals surface area contributed by atoms with E-state index in [2.05, 4.69) is 220 Å². The zero-order valence-corrected chi connectivity index (χ0v) is 34.1. The molecule has 0 unspecified atom stereocenters. The third-order valence-corrected chi connectivity index (χ3v) is 14.0. The molecule has 0 aromatic heterocycles. The summed E-state index contributed by atoms with van der Waals surface area (Å²) < 4.78 is 0. The van der Waals surface area contributed by atoms with Crippen molar-refractivity contribution >= 4 is 75.4 Å². The molecule has 0 saturated heterocycles. The molecule has 12 aromatic rings. The van der Waals surface area contributed by atoms with Crippen molar-refractivity contribution in [1.82, 2.24) is 0 Å². The van der Waals surface area contributed by atoms with Crippen LogP contribution in [-0.4, -0.2) is 0 Å². The molecule has 284 valence electrons. The van der Waals surface area contributed by atoms with Crippen LogP contribution >= 0.6 is 0 Å². The topological polar surface area (TPSA) is 0 Å². The Balaban J connectivity index is 0.896. The third-order valence-electron chi connectivity index (χ3n) is 14.0. The van der Waals surface area contributed by atoms with Gasteiger partial charge in [0.2, 0.25) is 0 Å². The van der Waals surface area contributed by atoms with Crippen LogP contribution in [-0.2, 0) is 5.41 Å². The zero-order chi connectivity index (χ0) is 40.4. The summed E-state index contributed by atoms with van der Waals surface area (Å²) in [4.78, 5) is 0. The lowest BCUT2D eigenvalue weighted by Gasteiger charge is -2.23. The minimum Gasteiger partial charge on any atom is -0.0616 e. The van der Waals surface area contributed by atoms with Crippen molar-refractivity contribution in [3.8, 4) is 44.5 Å². The van der Waals surface area contributed by atoms with E-state index in [9.17, 15) is 0 Å². The monoisotopic (exact) mass is 772 g/mol. The zero-order valence-electron chi connectivity index (χ0n) is 34.1. The molecule has 0 atom stereocenters. The van der Waals surface area contributed by atoms with E-state index in [1.165, 1.54) is 131 Å². The average Bonchev–Trinajstić information content (AvgIpc) is 3.54. The van der Waals surface area contributed by atoms with Gasteiger partial charge in [-0.2, -0.15) is 0 Å². The first-order chi connectivity index (χ1) is 30.0. The summed E-state index contributed by atoms with van der Waals surface area (Å²) in [5.41, 5.74) is 12.8. The van der Waals surface area contributed by atoms with Crippen LogP contribution in [0.4, 0.5) is 0 Å². The van der Waals surface area contributed by atoms with Gasteiger partial charge in [-0.05, 0) is 167 Å². The van der Waals surface area contributed by atoms with Crippen LogP contribution in [0, 0.1) is 0 Å². The van der Waals surface area contributed by atoms with E-state index in [4.69, 9.17) is 0 Å². The normalized spacial score (nSPS) is 13.2. The van der Waals surface area contributed by atoms with E-state index in [1.54, 1.807) is 0 Å². The molecule has 0 amide bonds. The highest BCUT2D eigenvalue weighted by molar-refractivity contribution is 6.24. The van der Waals surface area contributed by atoms with Gasteiger partial charge >= 0.3 is 0 Å². The maximum atomic E-state index is 2.47. The number of hydrogen-bond acceptors (Lipinski definition) is 0. The molecule has 0 heterocycles. The van der Waals surface area contributed by atoms with Gasteiger partial charge in [-0.1, -0.05) is 184 Å². The summed E-state index contributed by atoms with van der Waals surface area (Å²) in [6.45, 7) is 4.80. The first-order valence-corrected chi connectivity index (χ1v) is 21.5. The van der Waals surface area contributed by atoms with Crippen LogP contribution in [0.1, 0.15) is 25.0 Å². The minimum atomic E-state index is -0.161. The summed E-state index contributed by atoms with van der Waals surface area (Å²) in [5.74, 6) is 0. The Morgan fingerprint density at radius 3 is 1.20 bits per heavy atom. The van der Waals surface area contributed by atoms with Crippen molar-refractivity contribution in [2.45, 2.75) is 19.3 Å². The Hall–Kier alpha value is -7.54. The van der Waals surface area contributed by atoms with Gasteiger partial charge < -0.3 is 0 Å². The summed E-state index contributed by atoms with van der Waals surface area (Å²) in [5, 5.41) is 18.1. The van der Waals surface area contributed by atoms with Gasteiger partial charge in [-0.3, -0.25) is 0 Å². The van der Waals surface area contributed by atoms with Gasteiger partial charge in [0.25, 0.3) is 0 Å². The molecule has 0 saturated carbocycles. The standard InChI is InChI=1S/C61H40/c1-61(2)57-35-41(27-29-51(57)52-30-28-43(36-58(52)61)56-34-45-26-22-39-12-4-6-14-48(39)60(45)54-18-10-8-16-50(54)56)40-23-19-37-20-24-42(32-46(37)31-40)55-33-44-25-21-38-11-3-5-13-47(38)59(44)53-17-9-7-15-49(53)55/h3-36H,1-2H3. The van der Waals surface area contributed by atoms with Gasteiger partial charge in [0.1, 0.15) is 0 Å². The van der Waals surface area contributed by atoms with Crippen molar-refractivity contribution in [2.24, 2.45) is 0 Å². The lowest BCUT2D eigenvalue weighted by Crippen LogP contribution is -2.15. The molecule has 0 radical (unpaired) electrons. The van der Waals surface area contributed by atoms with E-state index >= 15 is 0 Å². The van der Waals surface area contributed by atoms with E-state index in [0.717, 1.165) is 0 Å². The second-order valence-electron chi connectivity index (χ2n) is 17.6. The van der Waals surface area contributed by atoms with Gasteiger partial charge in [0.15, 0.2) is 0 Å². The summed E-state index contributed by atoms with van der Waals surface area (Å²) in [6, 6.07) is 77.5. The number of hydrogen-bond donors (Lipinski definition) is 0. The highest BCUT2D eigenvalue weighted by Gasteiger charge is 2.36. The molecule has 0 heteroatoms. The predicted molar refractivity (Wildman–Crippen MR) is 263 cm³/mol. The molecule has 0 spiro atoms. The lowest BCUT2D eigenvalue weighted by atomic mass is 9.80. The van der Waals surface area contributed by atoms with Crippen molar-refractivity contribution < 1.29 is 0 Å². The maximum Gasteiger partial charge on any atom is 0.0159 e. The highest BCUT2D eigenvalue weighted by Crippen LogP contribution is 2.51. The quantitative estimate of drug-likeness (QED) is 0.157. The number of fused-ring (bicyclic) bond motifs is 14. The smallest absolute Gasteiger partial charge is 0.0159 e. The Kier molecular flexibility index (Phi) is 7.17. The van der Waals surface area contributed by atoms with Crippen LogP contribution in [0.5, 0.6) is 0 Å². The molecule has 0 fully saturated rings. The Bertz CT molecular complexity index is 3840. The van der Waals surface area contributed by atoms with E-state index < -0.39 is 0 Å². The van der Waals surface area contributed by atoms with Crippen molar-refractivity contribution in [3.05, 3.63) is 217 Å². The number of rotatable bonds is 3. The van der Waals surface area contributed by atoms with Gasteiger partial charge in [0.05, 0.1) is 0 Å². The second kappa shape index (κ2) is 12.7. The molecule has 1 aliphatic carbocycles. The molecular weight excluding hydrogens is 733 g/mol. The van der Waals surface area contributed by atoms with Crippen molar-refractivity contribution in [3.63, 3.8) is 0 Å². The second-order valence-corrected chi connectivity index (χ2v) is 17.6. The van der Waals surface area contributed by atoms with Gasteiger partial charge in [-0.15, -0.1) is 0 Å². The largest absolute Gasteiger partial charge is 0.0616 e. The Labute approximate surface area is 355 Å². The molecule has 0 nitrogen and oxygen atoms in total. The first-order valence-electron chi connectivity index (χ1n) is 21.5. The molecule has 1 aliphatic rings. The summed E-state index contributed by atoms with van der Waals surface area (Å²) in [7, 11) is 0. The van der Waals surface area contributed by atoms with E-state index in [1.807, 2.05) is 0 Å². The molecule has 12 aromatic carbocycles. The van der Waals surface area contributed by atoms with Crippen LogP contribution in [0.3, 0.4) is 0 Å². The molecular formula is C61H40. The molecule has 61 heavy (non-hydrogen) atoms. The molecule has 0 aliphatic heterocycles. The van der Waals surface area contributed by atoms with Crippen LogP contribution in [0.25, 0.3) is 120 Å².